The maximum absolute atomic E-state index is 13.2. The van der Waals surface area contributed by atoms with E-state index in [1.807, 2.05) is 4.90 Å². The van der Waals surface area contributed by atoms with Gasteiger partial charge in [-0.3, -0.25) is 14.5 Å². The molecule has 1 aromatic rings. The van der Waals surface area contributed by atoms with Crippen LogP contribution in [0.1, 0.15) is 50.5 Å². The molecule has 26 heavy (non-hydrogen) atoms. The molecule has 1 saturated heterocycles. The lowest BCUT2D eigenvalue weighted by atomic mass is 9.93. The number of rotatable bonds is 6. The summed E-state index contributed by atoms with van der Waals surface area (Å²) in [7, 11) is 0. The molecule has 1 aliphatic carbocycles. The van der Waals surface area contributed by atoms with Crippen LogP contribution in [-0.4, -0.2) is 52.0 Å². The molecule has 142 valence electrons. The first-order chi connectivity index (χ1) is 12.5. The van der Waals surface area contributed by atoms with Crippen LogP contribution in [0.2, 0.25) is 0 Å². The van der Waals surface area contributed by atoms with Crippen LogP contribution >= 0.6 is 0 Å². The second kappa shape index (κ2) is 8.62. The average Bonchev–Trinajstić information content (AvgIpc) is 3.10. The first-order valence-electron chi connectivity index (χ1n) is 9.55. The molecule has 0 radical (unpaired) electrons. The second-order valence-corrected chi connectivity index (χ2v) is 7.41. The van der Waals surface area contributed by atoms with E-state index in [1.165, 1.54) is 18.6 Å². The third-order valence-electron chi connectivity index (χ3n) is 5.59. The molecule has 2 fully saturated rings. The number of carbonyl (C=O) groups excluding carboxylic acids is 1. The van der Waals surface area contributed by atoms with E-state index in [0.717, 1.165) is 37.7 Å². The summed E-state index contributed by atoms with van der Waals surface area (Å²) in [5, 5.41) is 9.34. The van der Waals surface area contributed by atoms with Crippen LogP contribution in [0.4, 0.5) is 4.39 Å². The lowest BCUT2D eigenvalue weighted by molar-refractivity contribution is -0.144. The molecule has 1 aromatic carbocycles. The van der Waals surface area contributed by atoms with Crippen molar-refractivity contribution in [2.24, 2.45) is 0 Å². The quantitative estimate of drug-likeness (QED) is 0.845. The second-order valence-electron chi connectivity index (χ2n) is 7.41. The Hall–Kier alpha value is -1.95. The van der Waals surface area contributed by atoms with Gasteiger partial charge >= 0.3 is 5.97 Å². The van der Waals surface area contributed by atoms with Gasteiger partial charge in [-0.15, -0.1) is 0 Å². The fourth-order valence-electron chi connectivity index (χ4n) is 4.16. The number of hydrogen-bond donors (Lipinski definition) is 1. The Bertz CT molecular complexity index is 628. The minimum absolute atomic E-state index is 0.0191. The van der Waals surface area contributed by atoms with Crippen molar-refractivity contribution < 1.29 is 19.1 Å². The first kappa shape index (κ1) is 18.8. The van der Waals surface area contributed by atoms with Crippen molar-refractivity contribution in [1.82, 2.24) is 9.80 Å². The van der Waals surface area contributed by atoms with E-state index in [-0.39, 0.29) is 24.3 Å². The summed E-state index contributed by atoms with van der Waals surface area (Å²) in [5.41, 5.74) is 0.904. The molecule has 0 aromatic heterocycles. The van der Waals surface area contributed by atoms with Gasteiger partial charge in [0.25, 0.3) is 0 Å². The van der Waals surface area contributed by atoms with E-state index >= 15 is 0 Å². The number of nitrogens with zero attached hydrogens (tertiary/aromatic N) is 2. The number of aliphatic carboxylic acids is 1. The largest absolute Gasteiger partial charge is 0.480 e. The van der Waals surface area contributed by atoms with Crippen molar-refractivity contribution in [1.29, 1.82) is 0 Å². The van der Waals surface area contributed by atoms with Crippen molar-refractivity contribution in [2.45, 2.75) is 63.6 Å². The number of halogens is 1. The van der Waals surface area contributed by atoms with Crippen LogP contribution < -0.4 is 0 Å². The predicted octanol–water partition coefficient (Wildman–Crippen LogP) is 3.04. The summed E-state index contributed by atoms with van der Waals surface area (Å²) >= 11 is 0. The van der Waals surface area contributed by atoms with Crippen LogP contribution in [-0.2, 0) is 16.1 Å². The van der Waals surface area contributed by atoms with E-state index in [2.05, 4.69) is 0 Å². The predicted molar refractivity (Wildman–Crippen MR) is 96.1 cm³/mol. The lowest BCUT2D eigenvalue weighted by Gasteiger charge is -2.36. The van der Waals surface area contributed by atoms with E-state index in [1.54, 1.807) is 17.0 Å². The summed E-state index contributed by atoms with van der Waals surface area (Å²) in [5.74, 6) is -1.15. The monoisotopic (exact) mass is 362 g/mol. The highest BCUT2D eigenvalue weighted by molar-refractivity contribution is 5.80. The third kappa shape index (κ3) is 4.61. The van der Waals surface area contributed by atoms with Gasteiger partial charge in [-0.2, -0.15) is 0 Å². The highest BCUT2D eigenvalue weighted by atomic mass is 19.1. The smallest absolute Gasteiger partial charge is 0.320 e. The van der Waals surface area contributed by atoms with E-state index in [4.69, 9.17) is 0 Å². The van der Waals surface area contributed by atoms with Gasteiger partial charge in [-0.1, -0.05) is 31.4 Å². The number of carboxylic acid groups (broad SMARTS) is 1. The summed E-state index contributed by atoms with van der Waals surface area (Å²) < 4.78 is 13.2. The molecule has 0 bridgehead atoms. The summed E-state index contributed by atoms with van der Waals surface area (Å²) in [4.78, 5) is 28.1. The van der Waals surface area contributed by atoms with Gasteiger partial charge in [-0.05, 0) is 49.9 Å². The fraction of sp³-hybridized carbons (Fsp3) is 0.600. The Balaban J connectivity index is 1.72. The van der Waals surface area contributed by atoms with Gasteiger partial charge < -0.3 is 10.0 Å². The molecule has 1 amide bonds. The van der Waals surface area contributed by atoms with Crippen molar-refractivity contribution in [2.75, 3.05) is 13.1 Å². The Morgan fingerprint density at radius 2 is 1.77 bits per heavy atom. The van der Waals surface area contributed by atoms with Gasteiger partial charge in [0.2, 0.25) is 5.91 Å². The Morgan fingerprint density at radius 3 is 2.42 bits per heavy atom. The summed E-state index contributed by atoms with van der Waals surface area (Å²) in [6.45, 7) is 1.25. The number of carboxylic acids is 1. The third-order valence-corrected chi connectivity index (χ3v) is 5.59. The van der Waals surface area contributed by atoms with E-state index < -0.39 is 12.0 Å². The highest BCUT2D eigenvalue weighted by Crippen LogP contribution is 2.25. The molecule has 0 spiro atoms. The number of likely N-dealkylation sites (tertiary alicyclic amines) is 1. The molecule has 1 N–H and O–H groups in total. The number of benzene rings is 1. The topological polar surface area (TPSA) is 60.9 Å². The molecular formula is C20H27FN2O3. The van der Waals surface area contributed by atoms with E-state index in [9.17, 15) is 19.1 Å². The number of carbonyl (C=O) groups is 2. The Kier molecular flexibility index (Phi) is 6.25. The maximum atomic E-state index is 13.2. The van der Waals surface area contributed by atoms with Crippen LogP contribution in [0.5, 0.6) is 0 Å². The van der Waals surface area contributed by atoms with Gasteiger partial charge in [0.1, 0.15) is 11.9 Å². The van der Waals surface area contributed by atoms with Gasteiger partial charge in [-0.25, -0.2) is 4.39 Å². The molecule has 1 saturated carbocycles. The van der Waals surface area contributed by atoms with Crippen LogP contribution in [0.25, 0.3) is 0 Å². The SMILES string of the molecule is O=C(O)[C@@H]1CCCN1CC(=O)N(Cc1ccc(F)cc1)C1CCCCC1. The summed E-state index contributed by atoms with van der Waals surface area (Å²) in [6, 6.07) is 5.90. The van der Waals surface area contributed by atoms with Crippen molar-refractivity contribution in [3.8, 4) is 0 Å². The molecule has 3 rings (SSSR count). The lowest BCUT2D eigenvalue weighted by Crippen LogP contribution is -2.48. The van der Waals surface area contributed by atoms with E-state index in [0.29, 0.717) is 19.5 Å². The maximum Gasteiger partial charge on any atom is 0.320 e. The molecule has 0 unspecified atom stereocenters. The van der Waals surface area contributed by atoms with Gasteiger partial charge in [0.05, 0.1) is 6.54 Å². The minimum atomic E-state index is -0.849. The minimum Gasteiger partial charge on any atom is -0.480 e. The van der Waals surface area contributed by atoms with Crippen molar-refractivity contribution in [3.05, 3.63) is 35.6 Å². The van der Waals surface area contributed by atoms with Crippen LogP contribution in [0.15, 0.2) is 24.3 Å². The molecule has 1 atom stereocenters. The highest BCUT2D eigenvalue weighted by Gasteiger charge is 2.34. The summed E-state index contributed by atoms with van der Waals surface area (Å²) in [6.07, 6.45) is 6.79. The zero-order chi connectivity index (χ0) is 18.5. The zero-order valence-corrected chi connectivity index (χ0v) is 15.1. The van der Waals surface area contributed by atoms with Gasteiger partial charge in [0.15, 0.2) is 0 Å². The first-order valence-corrected chi connectivity index (χ1v) is 9.55. The van der Waals surface area contributed by atoms with Crippen molar-refractivity contribution in [3.63, 3.8) is 0 Å². The van der Waals surface area contributed by atoms with Crippen molar-refractivity contribution >= 4 is 11.9 Å². The standard InChI is InChI=1S/C20H27FN2O3/c21-16-10-8-15(9-11-16)13-23(17-5-2-1-3-6-17)19(24)14-22-12-4-7-18(22)20(25)26/h8-11,17-18H,1-7,12-14H2,(H,25,26)/t18-/m0/s1. The molecule has 1 heterocycles. The normalized spacial score (nSPS) is 21.7. The molecule has 6 heteroatoms. The fourth-order valence-corrected chi connectivity index (χ4v) is 4.16. The average molecular weight is 362 g/mol. The number of amides is 1. The molecular weight excluding hydrogens is 335 g/mol. The molecule has 2 aliphatic rings. The Labute approximate surface area is 153 Å². The molecule has 1 aliphatic heterocycles. The van der Waals surface area contributed by atoms with Crippen LogP contribution in [0, 0.1) is 5.82 Å². The van der Waals surface area contributed by atoms with Crippen LogP contribution in [0.3, 0.4) is 0 Å². The Morgan fingerprint density at radius 1 is 1.08 bits per heavy atom. The zero-order valence-electron chi connectivity index (χ0n) is 15.1. The number of hydrogen-bond acceptors (Lipinski definition) is 3. The molecule has 5 nitrogen and oxygen atoms in total. The van der Waals surface area contributed by atoms with Gasteiger partial charge in [0, 0.05) is 12.6 Å².